The Kier molecular flexibility index (Phi) is 6.22. The smallest absolute Gasteiger partial charge is 0.319 e. The Hall–Kier alpha value is -3.24. The highest BCUT2D eigenvalue weighted by Gasteiger charge is 2.35. The summed E-state index contributed by atoms with van der Waals surface area (Å²) in [6.45, 7) is 4.48. The topological polar surface area (TPSA) is 123 Å². The van der Waals surface area contributed by atoms with E-state index in [1.165, 1.54) is 0 Å². The van der Waals surface area contributed by atoms with Crippen molar-refractivity contribution in [3.63, 3.8) is 0 Å². The van der Waals surface area contributed by atoms with E-state index in [0.29, 0.717) is 5.82 Å². The predicted octanol–water partition coefficient (Wildman–Crippen LogP) is 3.27. The number of rotatable bonds is 5. The third-order valence-corrected chi connectivity index (χ3v) is 7.63. The van der Waals surface area contributed by atoms with E-state index in [4.69, 9.17) is 20.4 Å². The van der Waals surface area contributed by atoms with Gasteiger partial charge in [-0.3, -0.25) is 0 Å². The fraction of sp³-hybridized carbons (Fsp3) is 0.538. The van der Waals surface area contributed by atoms with E-state index < -0.39 is 0 Å². The molecule has 36 heavy (non-hydrogen) atoms. The van der Waals surface area contributed by atoms with Crippen LogP contribution in [0.1, 0.15) is 45.4 Å². The summed E-state index contributed by atoms with van der Waals surface area (Å²) in [5.41, 5.74) is 8.43. The summed E-state index contributed by atoms with van der Waals surface area (Å²) in [7, 11) is 0. The molecule has 2 amide bonds. The van der Waals surface area contributed by atoms with Crippen molar-refractivity contribution in [1.82, 2.24) is 25.1 Å². The Morgan fingerprint density at radius 1 is 1.06 bits per heavy atom. The summed E-state index contributed by atoms with van der Waals surface area (Å²) < 4.78 is 7.96. The number of fused-ring (bicyclic) bond motifs is 3. The summed E-state index contributed by atoms with van der Waals surface area (Å²) in [4.78, 5) is 24.7. The fourth-order valence-electron chi connectivity index (χ4n) is 5.65. The van der Waals surface area contributed by atoms with E-state index in [1.54, 1.807) is 0 Å². The number of nitrogens with zero attached hydrogens (tertiary/aromatic N) is 5. The number of hydrogen-bond donors (Lipinski definition) is 3. The first-order valence-electron chi connectivity index (χ1n) is 13.1. The lowest BCUT2D eigenvalue weighted by molar-refractivity contribution is 0.0303. The number of amides is 2. The van der Waals surface area contributed by atoms with Gasteiger partial charge in [0.2, 0.25) is 0 Å². The highest BCUT2D eigenvalue weighted by Crippen LogP contribution is 2.33. The van der Waals surface area contributed by atoms with Gasteiger partial charge in [-0.25, -0.2) is 19.4 Å². The second-order valence-corrected chi connectivity index (χ2v) is 10.2. The van der Waals surface area contributed by atoms with E-state index in [-0.39, 0.29) is 30.3 Å². The zero-order chi connectivity index (χ0) is 24.6. The number of hydrogen-bond acceptors (Lipinski definition) is 7. The van der Waals surface area contributed by atoms with Crippen molar-refractivity contribution >= 4 is 28.6 Å². The molecule has 1 saturated carbocycles. The van der Waals surface area contributed by atoms with Crippen LogP contribution >= 0.6 is 0 Å². The summed E-state index contributed by atoms with van der Waals surface area (Å²) in [5.74, 6) is 1.57. The molecule has 6 rings (SSSR count). The molecule has 0 radical (unpaired) electrons. The number of nitrogens with two attached hydrogens (primary N) is 1. The number of anilines is 2. The summed E-state index contributed by atoms with van der Waals surface area (Å²) in [6, 6.07) is 7.95. The Morgan fingerprint density at radius 3 is 2.47 bits per heavy atom. The fourth-order valence-corrected chi connectivity index (χ4v) is 5.65. The van der Waals surface area contributed by atoms with Crippen molar-refractivity contribution in [3.8, 4) is 11.4 Å². The van der Waals surface area contributed by atoms with Gasteiger partial charge in [0.25, 0.3) is 0 Å². The van der Waals surface area contributed by atoms with Crippen LogP contribution in [0.2, 0.25) is 0 Å². The average Bonchev–Trinajstić information content (AvgIpc) is 3.46. The number of benzene rings is 1. The normalized spacial score (nSPS) is 25.8. The van der Waals surface area contributed by atoms with Crippen LogP contribution < -0.4 is 21.3 Å². The van der Waals surface area contributed by atoms with Gasteiger partial charge in [-0.15, -0.1) is 0 Å². The van der Waals surface area contributed by atoms with Gasteiger partial charge in [0.05, 0.1) is 23.8 Å². The quantitative estimate of drug-likeness (QED) is 0.501. The summed E-state index contributed by atoms with van der Waals surface area (Å²) in [5, 5.41) is 11.5. The van der Waals surface area contributed by atoms with Gasteiger partial charge < -0.3 is 26.0 Å². The van der Waals surface area contributed by atoms with Crippen molar-refractivity contribution in [3.05, 3.63) is 30.5 Å². The van der Waals surface area contributed by atoms with Crippen molar-refractivity contribution in [2.24, 2.45) is 5.73 Å². The van der Waals surface area contributed by atoms with Gasteiger partial charge in [0, 0.05) is 43.0 Å². The van der Waals surface area contributed by atoms with Crippen LogP contribution in [-0.2, 0) is 11.3 Å². The SMILES string of the molecule is CCn1ncc2c(N3CC4CCC(C3)O4)nc(-c3ccc(NC(=O)NC4CCC(N)CC4)cc3)nc21. The maximum absolute atomic E-state index is 12.5. The molecule has 2 bridgehead atoms. The molecule has 2 atom stereocenters. The molecule has 0 spiro atoms. The number of aryl methyl sites for hydroxylation is 1. The zero-order valence-electron chi connectivity index (χ0n) is 20.7. The number of nitrogens with one attached hydrogen (secondary N) is 2. The van der Waals surface area contributed by atoms with Crippen molar-refractivity contribution < 1.29 is 9.53 Å². The first kappa shape index (κ1) is 23.2. The molecule has 3 aliphatic rings. The van der Waals surface area contributed by atoms with E-state index in [9.17, 15) is 4.79 Å². The minimum Gasteiger partial charge on any atom is -0.371 e. The lowest BCUT2D eigenvalue weighted by Gasteiger charge is -2.33. The highest BCUT2D eigenvalue weighted by molar-refractivity contribution is 5.90. The lowest BCUT2D eigenvalue weighted by atomic mass is 9.92. The summed E-state index contributed by atoms with van der Waals surface area (Å²) in [6.07, 6.45) is 8.37. The Balaban J connectivity index is 1.22. The van der Waals surface area contributed by atoms with Crippen LogP contribution in [0.15, 0.2) is 30.5 Å². The number of morpholine rings is 1. The largest absolute Gasteiger partial charge is 0.371 e. The minimum absolute atomic E-state index is 0.182. The standard InChI is InChI=1S/C26H34N8O2/c1-2-34-25-22(13-28-34)24(33-14-20-11-12-21(15-33)36-20)31-23(32-25)16-3-7-18(8-4-16)29-26(35)30-19-9-5-17(27)6-10-19/h3-4,7-8,13,17,19-21H,2,5-6,9-12,14-15,27H2,1H3,(H2,29,30,35). The lowest BCUT2D eigenvalue weighted by Crippen LogP contribution is -2.43. The van der Waals surface area contributed by atoms with Crippen LogP contribution in [0, 0.1) is 0 Å². The molecule has 10 heteroatoms. The molecule has 3 aromatic rings. The van der Waals surface area contributed by atoms with Gasteiger partial charge in [0.1, 0.15) is 5.82 Å². The van der Waals surface area contributed by atoms with E-state index in [1.807, 2.05) is 35.1 Å². The molecule has 1 aromatic carbocycles. The van der Waals surface area contributed by atoms with E-state index in [0.717, 1.165) is 86.3 Å². The third kappa shape index (κ3) is 4.62. The number of aromatic nitrogens is 4. The van der Waals surface area contributed by atoms with Crippen LogP contribution in [0.4, 0.5) is 16.3 Å². The van der Waals surface area contributed by atoms with Crippen LogP contribution in [-0.4, -0.2) is 63.2 Å². The van der Waals surface area contributed by atoms with Gasteiger partial charge in [-0.1, -0.05) is 0 Å². The maximum atomic E-state index is 12.5. The second-order valence-electron chi connectivity index (χ2n) is 10.2. The first-order valence-corrected chi connectivity index (χ1v) is 13.1. The molecule has 1 aliphatic carbocycles. The van der Waals surface area contributed by atoms with Crippen LogP contribution in [0.25, 0.3) is 22.4 Å². The van der Waals surface area contributed by atoms with Gasteiger partial charge in [0.15, 0.2) is 11.5 Å². The van der Waals surface area contributed by atoms with E-state index in [2.05, 4.69) is 27.6 Å². The molecule has 4 heterocycles. The number of ether oxygens (including phenoxy) is 1. The minimum atomic E-state index is -0.183. The number of urea groups is 1. The molecule has 2 saturated heterocycles. The molecule has 3 fully saturated rings. The van der Waals surface area contributed by atoms with Crippen LogP contribution in [0.3, 0.4) is 0 Å². The molecule has 2 aromatic heterocycles. The molecule has 10 nitrogen and oxygen atoms in total. The maximum Gasteiger partial charge on any atom is 0.319 e. The molecular formula is C26H34N8O2. The van der Waals surface area contributed by atoms with Crippen molar-refractivity contribution in [2.45, 2.75) is 76.3 Å². The second kappa shape index (κ2) is 9.67. The third-order valence-electron chi connectivity index (χ3n) is 7.63. The van der Waals surface area contributed by atoms with Gasteiger partial charge >= 0.3 is 6.03 Å². The van der Waals surface area contributed by atoms with Gasteiger partial charge in [-0.2, -0.15) is 5.10 Å². The van der Waals surface area contributed by atoms with E-state index >= 15 is 0 Å². The van der Waals surface area contributed by atoms with Crippen molar-refractivity contribution in [2.75, 3.05) is 23.3 Å². The monoisotopic (exact) mass is 490 g/mol. The number of carbonyl (C=O) groups is 1. The molecular weight excluding hydrogens is 456 g/mol. The van der Waals surface area contributed by atoms with Crippen molar-refractivity contribution in [1.29, 1.82) is 0 Å². The molecule has 190 valence electrons. The van der Waals surface area contributed by atoms with Gasteiger partial charge in [-0.05, 0) is 69.7 Å². The first-order chi connectivity index (χ1) is 17.6. The molecule has 2 unspecified atom stereocenters. The zero-order valence-corrected chi connectivity index (χ0v) is 20.7. The Labute approximate surface area is 210 Å². The molecule has 4 N–H and O–H groups in total. The summed E-state index contributed by atoms with van der Waals surface area (Å²) >= 11 is 0. The van der Waals surface area contributed by atoms with Crippen LogP contribution in [0.5, 0.6) is 0 Å². The number of carbonyl (C=O) groups excluding carboxylic acids is 1. The molecule has 2 aliphatic heterocycles. The predicted molar refractivity (Wildman–Crippen MR) is 139 cm³/mol. The highest BCUT2D eigenvalue weighted by atomic mass is 16.5. The Bertz CT molecular complexity index is 1220. The Morgan fingerprint density at radius 2 is 1.78 bits per heavy atom. The average molecular weight is 491 g/mol.